The maximum absolute atomic E-state index is 13.5. The topological polar surface area (TPSA) is 63.7 Å². The number of amides is 1. The summed E-state index contributed by atoms with van der Waals surface area (Å²) in [5.41, 5.74) is 4.30. The molecule has 0 spiro atoms. The molecule has 7 heteroatoms. The van der Waals surface area contributed by atoms with Gasteiger partial charge < -0.3 is 4.74 Å². The second-order valence-electron chi connectivity index (χ2n) is 9.82. The Balaban J connectivity index is 1.63. The molecule has 1 aliphatic heterocycles. The predicted molar refractivity (Wildman–Crippen MR) is 134 cm³/mol. The lowest BCUT2D eigenvalue weighted by Crippen LogP contribution is -2.43. The summed E-state index contributed by atoms with van der Waals surface area (Å²) in [5.74, 6) is 0.00723. The molecule has 1 fully saturated rings. The van der Waals surface area contributed by atoms with Gasteiger partial charge in [0.05, 0.1) is 15.8 Å². The van der Waals surface area contributed by atoms with Gasteiger partial charge in [0.2, 0.25) is 0 Å². The van der Waals surface area contributed by atoms with Crippen molar-refractivity contribution in [3.05, 3.63) is 42.8 Å². The molecule has 176 valence electrons. The minimum Gasteiger partial charge on any atom is -0.444 e. The average molecular weight is 486 g/mol. The molecular weight excluding hydrogens is 454 g/mol. The molecule has 1 atom stereocenters. The van der Waals surface area contributed by atoms with Gasteiger partial charge in [-0.15, -0.1) is 22.7 Å². The highest BCUT2D eigenvalue weighted by atomic mass is 32.1. The Labute approximate surface area is 203 Å². The first-order valence-electron chi connectivity index (χ1n) is 11.5. The highest BCUT2D eigenvalue weighted by molar-refractivity contribution is 7.14. The third kappa shape index (κ3) is 4.85. The fraction of sp³-hybridized carbons (Fsp3) is 0.500. The van der Waals surface area contributed by atoms with Crippen molar-refractivity contribution in [1.29, 1.82) is 0 Å². The van der Waals surface area contributed by atoms with E-state index in [1.807, 2.05) is 32.9 Å². The van der Waals surface area contributed by atoms with Crippen molar-refractivity contribution in [2.45, 2.75) is 78.4 Å². The zero-order valence-electron chi connectivity index (χ0n) is 19.9. The molecule has 1 aliphatic carbocycles. The van der Waals surface area contributed by atoms with E-state index in [9.17, 15) is 14.4 Å². The van der Waals surface area contributed by atoms with Crippen molar-refractivity contribution in [3.63, 3.8) is 0 Å². The molecule has 4 rings (SSSR count). The Hall–Kier alpha value is -2.25. The molecule has 0 aromatic carbocycles. The van der Waals surface area contributed by atoms with Crippen LogP contribution in [0.4, 0.5) is 4.79 Å². The van der Waals surface area contributed by atoms with E-state index in [4.69, 9.17) is 4.74 Å². The standard InChI is InChI=1S/C26H31NO4S2/c1-15-20(12-17(14-28)32-15)18-8-6-9-19(18)21-13-23(33-16(21)2)24(29)22-10-7-11-27(22)25(30)31-26(3,4)5/h12-14,22H,6-11H2,1-5H3. The summed E-state index contributed by atoms with van der Waals surface area (Å²) in [6, 6.07) is 3.56. The number of nitrogens with zero attached hydrogens (tertiary/aromatic N) is 1. The number of aryl methyl sites for hydroxylation is 2. The third-order valence-electron chi connectivity index (χ3n) is 6.27. The number of ether oxygens (including phenoxy) is 1. The minimum atomic E-state index is -0.588. The number of hydrogen-bond donors (Lipinski definition) is 0. The number of hydrogen-bond acceptors (Lipinski definition) is 6. The van der Waals surface area contributed by atoms with Crippen molar-refractivity contribution in [2.75, 3.05) is 6.54 Å². The van der Waals surface area contributed by atoms with Crippen molar-refractivity contribution < 1.29 is 19.1 Å². The van der Waals surface area contributed by atoms with Crippen LogP contribution in [-0.2, 0) is 4.74 Å². The van der Waals surface area contributed by atoms with Crippen LogP contribution in [0.15, 0.2) is 12.1 Å². The van der Waals surface area contributed by atoms with Gasteiger partial charge in [0.25, 0.3) is 0 Å². The molecule has 0 radical (unpaired) electrons. The van der Waals surface area contributed by atoms with E-state index >= 15 is 0 Å². The molecule has 0 bridgehead atoms. The van der Waals surface area contributed by atoms with E-state index in [2.05, 4.69) is 13.8 Å². The van der Waals surface area contributed by atoms with Gasteiger partial charge in [-0.05, 0) is 101 Å². The molecule has 1 unspecified atom stereocenters. The van der Waals surface area contributed by atoms with Crippen LogP contribution >= 0.6 is 22.7 Å². The van der Waals surface area contributed by atoms with Gasteiger partial charge in [0.1, 0.15) is 5.60 Å². The number of thiophene rings is 2. The number of rotatable bonds is 5. The number of Topliss-reactive ketones (excluding diaryl/α,β-unsaturated/α-hetero) is 1. The second-order valence-corrected chi connectivity index (χ2v) is 12.4. The quantitative estimate of drug-likeness (QED) is 0.341. The first kappa shape index (κ1) is 23.9. The number of ketones is 1. The zero-order chi connectivity index (χ0) is 23.9. The molecule has 2 aromatic rings. The van der Waals surface area contributed by atoms with Crippen molar-refractivity contribution in [2.24, 2.45) is 0 Å². The third-order valence-corrected chi connectivity index (χ3v) is 8.31. The van der Waals surface area contributed by atoms with E-state index < -0.39 is 17.7 Å². The molecule has 33 heavy (non-hydrogen) atoms. The lowest BCUT2D eigenvalue weighted by molar-refractivity contribution is 0.0223. The molecule has 1 amide bonds. The molecule has 2 aromatic heterocycles. The van der Waals surface area contributed by atoms with Crippen molar-refractivity contribution >= 4 is 52.0 Å². The molecule has 5 nitrogen and oxygen atoms in total. The number of allylic oxidation sites excluding steroid dienone is 2. The van der Waals surface area contributed by atoms with E-state index in [0.29, 0.717) is 17.8 Å². The first-order chi connectivity index (χ1) is 15.6. The number of aldehydes is 1. The summed E-state index contributed by atoms with van der Waals surface area (Å²) >= 11 is 3.05. The smallest absolute Gasteiger partial charge is 0.410 e. The Bertz CT molecular complexity index is 1130. The zero-order valence-corrected chi connectivity index (χ0v) is 21.6. The molecular formula is C26H31NO4S2. The molecule has 1 saturated heterocycles. The molecule has 0 saturated carbocycles. The largest absolute Gasteiger partial charge is 0.444 e. The van der Waals surface area contributed by atoms with Crippen LogP contribution in [0.25, 0.3) is 11.1 Å². The summed E-state index contributed by atoms with van der Waals surface area (Å²) in [6.07, 6.45) is 5.01. The van der Waals surface area contributed by atoms with Gasteiger partial charge >= 0.3 is 6.09 Å². The van der Waals surface area contributed by atoms with Gasteiger partial charge in [0.15, 0.2) is 12.1 Å². The normalized spacial score (nSPS) is 18.8. The van der Waals surface area contributed by atoms with Gasteiger partial charge in [-0.25, -0.2) is 4.79 Å². The lowest BCUT2D eigenvalue weighted by atomic mass is 9.97. The van der Waals surface area contributed by atoms with Crippen LogP contribution < -0.4 is 0 Å². The maximum Gasteiger partial charge on any atom is 0.410 e. The van der Waals surface area contributed by atoms with Gasteiger partial charge in [0, 0.05) is 16.3 Å². The summed E-state index contributed by atoms with van der Waals surface area (Å²) < 4.78 is 5.54. The number of likely N-dealkylation sites (tertiary alicyclic amines) is 1. The summed E-state index contributed by atoms with van der Waals surface area (Å²) in [7, 11) is 0. The minimum absolute atomic E-state index is 0.00723. The first-order valence-corrected chi connectivity index (χ1v) is 13.1. The van der Waals surface area contributed by atoms with E-state index in [0.717, 1.165) is 52.2 Å². The van der Waals surface area contributed by atoms with E-state index in [1.54, 1.807) is 4.90 Å². The summed E-state index contributed by atoms with van der Waals surface area (Å²) in [4.78, 5) is 42.7. The van der Waals surface area contributed by atoms with Crippen LogP contribution in [0, 0.1) is 13.8 Å². The Morgan fingerprint density at radius 3 is 2.27 bits per heavy atom. The van der Waals surface area contributed by atoms with Crippen LogP contribution in [0.5, 0.6) is 0 Å². The highest BCUT2D eigenvalue weighted by Gasteiger charge is 2.38. The molecule has 0 N–H and O–H groups in total. The number of carbonyl (C=O) groups excluding carboxylic acids is 3. The lowest BCUT2D eigenvalue weighted by Gasteiger charge is -2.27. The van der Waals surface area contributed by atoms with E-state index in [1.165, 1.54) is 39.4 Å². The van der Waals surface area contributed by atoms with Crippen LogP contribution in [0.2, 0.25) is 0 Å². The van der Waals surface area contributed by atoms with Crippen LogP contribution in [0.1, 0.15) is 93.1 Å². The Morgan fingerprint density at radius 2 is 1.67 bits per heavy atom. The maximum atomic E-state index is 13.5. The Kier molecular flexibility index (Phi) is 6.65. The van der Waals surface area contributed by atoms with Crippen molar-refractivity contribution in [3.8, 4) is 0 Å². The Morgan fingerprint density at radius 1 is 1.03 bits per heavy atom. The fourth-order valence-corrected chi connectivity index (χ4v) is 6.75. The van der Waals surface area contributed by atoms with Crippen LogP contribution in [-0.4, -0.2) is 41.3 Å². The average Bonchev–Trinajstić information content (AvgIpc) is 3.51. The van der Waals surface area contributed by atoms with Gasteiger partial charge in [-0.2, -0.15) is 0 Å². The number of carbonyl (C=O) groups is 3. The predicted octanol–water partition coefficient (Wildman–Crippen LogP) is 6.92. The monoisotopic (exact) mass is 485 g/mol. The summed E-state index contributed by atoms with van der Waals surface area (Å²) in [6.45, 7) is 10.2. The van der Waals surface area contributed by atoms with E-state index in [-0.39, 0.29) is 5.78 Å². The molecule has 2 aliphatic rings. The van der Waals surface area contributed by atoms with Crippen LogP contribution in [0.3, 0.4) is 0 Å². The SMILES string of the molecule is Cc1sc(C=O)cc1C1=C(c2cc(C(=O)C3CCCN3C(=O)OC(C)(C)C)sc2C)CCC1. The van der Waals surface area contributed by atoms with Crippen molar-refractivity contribution in [1.82, 2.24) is 4.90 Å². The highest BCUT2D eigenvalue weighted by Crippen LogP contribution is 2.45. The van der Waals surface area contributed by atoms with Gasteiger partial charge in [-0.3, -0.25) is 14.5 Å². The fourth-order valence-electron chi connectivity index (χ4n) is 4.85. The van der Waals surface area contributed by atoms with Gasteiger partial charge in [-0.1, -0.05) is 0 Å². The molecule has 3 heterocycles. The summed E-state index contributed by atoms with van der Waals surface area (Å²) in [5, 5.41) is 0. The second kappa shape index (κ2) is 9.18.